The minimum Gasteiger partial charge on any atom is -0.363 e. The van der Waals surface area contributed by atoms with Crippen LogP contribution in [0.15, 0.2) is 41.4 Å². The standard InChI is InChI=1S/C18H21N3O2S/c22-17-12-23-18(14-21(17)16-3-10-24-13-16)4-8-20(9-5-18)11-15-1-6-19-7-2-15/h1-3,6-7,10,13H,4-5,8-9,11-12,14H2. The third-order valence-electron chi connectivity index (χ3n) is 4.99. The number of ether oxygens (including phenoxy) is 1. The van der Waals surface area contributed by atoms with E-state index in [1.165, 1.54) is 5.56 Å². The van der Waals surface area contributed by atoms with Crippen molar-refractivity contribution in [3.05, 3.63) is 46.9 Å². The first-order chi connectivity index (χ1) is 11.7. The van der Waals surface area contributed by atoms with Gasteiger partial charge in [-0.1, -0.05) is 0 Å². The average Bonchev–Trinajstić information content (AvgIpc) is 3.15. The van der Waals surface area contributed by atoms with E-state index in [2.05, 4.69) is 22.0 Å². The zero-order valence-electron chi connectivity index (χ0n) is 13.6. The molecule has 0 saturated carbocycles. The van der Waals surface area contributed by atoms with Crippen molar-refractivity contribution in [2.45, 2.75) is 25.0 Å². The number of carbonyl (C=O) groups excluding carboxylic acids is 1. The first-order valence-corrected chi connectivity index (χ1v) is 9.26. The maximum absolute atomic E-state index is 12.2. The molecule has 0 aliphatic carbocycles. The molecule has 0 N–H and O–H groups in total. The van der Waals surface area contributed by atoms with E-state index < -0.39 is 0 Å². The average molecular weight is 343 g/mol. The van der Waals surface area contributed by atoms with Crippen LogP contribution in [0.2, 0.25) is 0 Å². The molecule has 5 nitrogen and oxygen atoms in total. The predicted octanol–water partition coefficient (Wildman–Crippen LogP) is 2.54. The van der Waals surface area contributed by atoms with Crippen LogP contribution < -0.4 is 4.90 Å². The fourth-order valence-corrected chi connectivity index (χ4v) is 4.17. The third-order valence-corrected chi connectivity index (χ3v) is 5.66. The maximum Gasteiger partial charge on any atom is 0.253 e. The van der Waals surface area contributed by atoms with Crippen molar-refractivity contribution in [1.29, 1.82) is 0 Å². The second-order valence-corrected chi connectivity index (χ2v) is 7.34. The molecule has 2 fully saturated rings. The van der Waals surface area contributed by atoms with Gasteiger partial charge in [0, 0.05) is 37.4 Å². The second-order valence-electron chi connectivity index (χ2n) is 6.56. The molecule has 1 amide bonds. The van der Waals surface area contributed by atoms with Crippen LogP contribution in [-0.4, -0.2) is 47.6 Å². The lowest BCUT2D eigenvalue weighted by Gasteiger charge is -2.46. The molecule has 0 aromatic carbocycles. The molecular weight excluding hydrogens is 322 g/mol. The molecule has 2 aliphatic heterocycles. The predicted molar refractivity (Wildman–Crippen MR) is 94.1 cm³/mol. The molecule has 2 aromatic rings. The molecule has 126 valence electrons. The number of morpholine rings is 1. The smallest absolute Gasteiger partial charge is 0.253 e. The highest BCUT2D eigenvalue weighted by molar-refractivity contribution is 7.08. The second kappa shape index (κ2) is 6.63. The van der Waals surface area contributed by atoms with Gasteiger partial charge in [-0.25, -0.2) is 0 Å². The number of likely N-dealkylation sites (tertiary alicyclic amines) is 1. The lowest BCUT2D eigenvalue weighted by Crippen LogP contribution is -2.58. The van der Waals surface area contributed by atoms with E-state index in [1.807, 2.05) is 34.1 Å². The van der Waals surface area contributed by atoms with Gasteiger partial charge in [-0.05, 0) is 42.0 Å². The third kappa shape index (κ3) is 3.22. The van der Waals surface area contributed by atoms with Gasteiger partial charge in [0.05, 0.1) is 17.8 Å². The van der Waals surface area contributed by atoms with Crippen molar-refractivity contribution in [3.63, 3.8) is 0 Å². The van der Waals surface area contributed by atoms with Crippen LogP contribution in [0.1, 0.15) is 18.4 Å². The lowest BCUT2D eigenvalue weighted by atomic mass is 9.89. The van der Waals surface area contributed by atoms with E-state index in [4.69, 9.17) is 4.74 Å². The molecule has 24 heavy (non-hydrogen) atoms. The van der Waals surface area contributed by atoms with E-state index in [1.54, 1.807) is 11.3 Å². The van der Waals surface area contributed by atoms with Gasteiger partial charge in [0.25, 0.3) is 5.91 Å². The van der Waals surface area contributed by atoms with Gasteiger partial charge in [0.1, 0.15) is 6.61 Å². The van der Waals surface area contributed by atoms with Gasteiger partial charge in [-0.3, -0.25) is 14.7 Å². The number of amides is 1. The van der Waals surface area contributed by atoms with Gasteiger partial charge in [-0.15, -0.1) is 0 Å². The topological polar surface area (TPSA) is 45.7 Å². The van der Waals surface area contributed by atoms with Crippen LogP contribution in [-0.2, 0) is 16.1 Å². The Morgan fingerprint density at radius 3 is 2.71 bits per heavy atom. The molecule has 2 aromatic heterocycles. The van der Waals surface area contributed by atoms with E-state index in [0.717, 1.165) is 38.2 Å². The van der Waals surface area contributed by atoms with Crippen molar-refractivity contribution in [2.24, 2.45) is 0 Å². The number of anilines is 1. The van der Waals surface area contributed by atoms with Crippen LogP contribution in [0.4, 0.5) is 5.69 Å². The molecule has 2 saturated heterocycles. The monoisotopic (exact) mass is 343 g/mol. The summed E-state index contributed by atoms with van der Waals surface area (Å²) in [7, 11) is 0. The van der Waals surface area contributed by atoms with Crippen molar-refractivity contribution >= 4 is 22.9 Å². The number of nitrogens with zero attached hydrogens (tertiary/aromatic N) is 3. The number of piperidine rings is 1. The van der Waals surface area contributed by atoms with Gasteiger partial charge in [0.2, 0.25) is 0 Å². The molecule has 0 bridgehead atoms. The zero-order chi connectivity index (χ0) is 16.4. The summed E-state index contributed by atoms with van der Waals surface area (Å²) < 4.78 is 6.02. The molecule has 4 rings (SSSR count). The van der Waals surface area contributed by atoms with Crippen LogP contribution in [0.5, 0.6) is 0 Å². The Morgan fingerprint density at radius 2 is 2.00 bits per heavy atom. The fraction of sp³-hybridized carbons (Fsp3) is 0.444. The van der Waals surface area contributed by atoms with Crippen molar-refractivity contribution < 1.29 is 9.53 Å². The summed E-state index contributed by atoms with van der Waals surface area (Å²) in [6.45, 7) is 3.81. The van der Waals surface area contributed by atoms with Crippen molar-refractivity contribution in [2.75, 3.05) is 31.1 Å². The SMILES string of the molecule is O=C1COC2(CCN(Cc3ccncc3)CC2)CN1c1ccsc1. The van der Waals surface area contributed by atoms with Crippen LogP contribution in [0.3, 0.4) is 0 Å². The Kier molecular flexibility index (Phi) is 4.35. The van der Waals surface area contributed by atoms with Gasteiger partial charge < -0.3 is 9.64 Å². The van der Waals surface area contributed by atoms with Gasteiger partial charge in [0.15, 0.2) is 0 Å². The largest absolute Gasteiger partial charge is 0.363 e. The lowest BCUT2D eigenvalue weighted by molar-refractivity contribution is -0.144. The molecule has 0 atom stereocenters. The number of carbonyl (C=O) groups is 1. The number of thiophene rings is 1. The molecule has 2 aliphatic rings. The van der Waals surface area contributed by atoms with Gasteiger partial charge in [-0.2, -0.15) is 11.3 Å². The molecule has 4 heterocycles. The van der Waals surface area contributed by atoms with Crippen LogP contribution >= 0.6 is 11.3 Å². The van der Waals surface area contributed by atoms with E-state index in [0.29, 0.717) is 6.54 Å². The normalized spacial score (nSPS) is 21.3. The fourth-order valence-electron chi connectivity index (χ4n) is 3.53. The van der Waals surface area contributed by atoms with Crippen molar-refractivity contribution in [3.8, 4) is 0 Å². The Morgan fingerprint density at radius 1 is 1.21 bits per heavy atom. The summed E-state index contributed by atoms with van der Waals surface area (Å²) in [6.07, 6.45) is 5.61. The Bertz CT molecular complexity index is 682. The molecule has 6 heteroatoms. The van der Waals surface area contributed by atoms with Crippen molar-refractivity contribution in [1.82, 2.24) is 9.88 Å². The number of hydrogen-bond acceptors (Lipinski definition) is 5. The highest BCUT2D eigenvalue weighted by Gasteiger charge is 2.42. The first-order valence-electron chi connectivity index (χ1n) is 8.32. The quantitative estimate of drug-likeness (QED) is 0.859. The van der Waals surface area contributed by atoms with E-state index in [9.17, 15) is 4.79 Å². The summed E-state index contributed by atoms with van der Waals surface area (Å²) in [6, 6.07) is 6.15. The Balaban J connectivity index is 1.40. The number of rotatable bonds is 3. The summed E-state index contributed by atoms with van der Waals surface area (Å²) in [4.78, 5) is 20.6. The van der Waals surface area contributed by atoms with E-state index >= 15 is 0 Å². The summed E-state index contributed by atoms with van der Waals surface area (Å²) >= 11 is 1.62. The Labute approximate surface area is 145 Å². The number of hydrogen-bond donors (Lipinski definition) is 0. The zero-order valence-corrected chi connectivity index (χ0v) is 14.4. The molecule has 0 unspecified atom stereocenters. The highest BCUT2D eigenvalue weighted by atomic mass is 32.1. The minimum atomic E-state index is -0.190. The highest BCUT2D eigenvalue weighted by Crippen LogP contribution is 2.33. The molecule has 1 spiro atoms. The summed E-state index contributed by atoms with van der Waals surface area (Å²) in [5.74, 6) is 0.0678. The first kappa shape index (κ1) is 15.7. The maximum atomic E-state index is 12.2. The van der Waals surface area contributed by atoms with Gasteiger partial charge >= 0.3 is 0 Å². The number of pyridine rings is 1. The van der Waals surface area contributed by atoms with Crippen LogP contribution in [0.25, 0.3) is 0 Å². The summed E-state index contributed by atoms with van der Waals surface area (Å²) in [5.41, 5.74) is 2.11. The number of aromatic nitrogens is 1. The summed E-state index contributed by atoms with van der Waals surface area (Å²) in [5, 5.41) is 4.05. The van der Waals surface area contributed by atoms with E-state index in [-0.39, 0.29) is 18.1 Å². The van der Waals surface area contributed by atoms with Crippen LogP contribution in [0, 0.1) is 0 Å². The molecular formula is C18H21N3O2S. The Hall–Kier alpha value is -1.76. The minimum absolute atomic E-state index is 0.0678. The molecule has 0 radical (unpaired) electrons.